The molecule has 20 heavy (non-hydrogen) atoms. The first-order valence-electron chi connectivity index (χ1n) is 6.58. The number of carbonyl (C=O) groups excluding carboxylic acids is 1. The molecule has 1 heterocycles. The topological polar surface area (TPSA) is 64.1 Å². The maximum Gasteiger partial charge on any atom is 0.266 e. The maximum absolute atomic E-state index is 12.0. The number of carbonyl (C=O) groups is 1. The molecule has 3 rings (SSSR count). The predicted octanol–water partition coefficient (Wildman–Crippen LogP) is 2.43. The van der Waals surface area contributed by atoms with Gasteiger partial charge >= 0.3 is 0 Å². The van der Waals surface area contributed by atoms with Crippen LogP contribution in [0.3, 0.4) is 0 Å². The quantitative estimate of drug-likeness (QED) is 0.939. The van der Waals surface area contributed by atoms with Gasteiger partial charge in [-0.2, -0.15) is 0 Å². The van der Waals surface area contributed by atoms with E-state index in [2.05, 4.69) is 21.6 Å². The Labute approximate surface area is 121 Å². The molecular formula is C14H15N3O2S. The number of fused-ring (bicyclic) bond motifs is 1. The number of nitrogens with zero attached hydrogens (tertiary/aromatic N) is 2. The molecule has 1 aromatic carbocycles. The van der Waals surface area contributed by atoms with E-state index in [9.17, 15) is 4.79 Å². The third-order valence-corrected chi connectivity index (χ3v) is 3.95. The molecule has 0 bridgehead atoms. The summed E-state index contributed by atoms with van der Waals surface area (Å²) in [4.78, 5) is 12.0. The third-order valence-electron chi connectivity index (χ3n) is 3.34. The number of aromatic nitrogens is 2. The van der Waals surface area contributed by atoms with Gasteiger partial charge in [0.25, 0.3) is 5.91 Å². The van der Waals surface area contributed by atoms with E-state index >= 15 is 0 Å². The van der Waals surface area contributed by atoms with Gasteiger partial charge in [-0.25, -0.2) is 0 Å². The van der Waals surface area contributed by atoms with Crippen LogP contribution in [0.4, 0.5) is 5.13 Å². The fourth-order valence-electron chi connectivity index (χ4n) is 2.31. The molecule has 0 saturated carbocycles. The molecule has 0 aliphatic heterocycles. The summed E-state index contributed by atoms with van der Waals surface area (Å²) in [5, 5.41) is 10.6. The van der Waals surface area contributed by atoms with Crippen molar-refractivity contribution in [2.45, 2.75) is 32.3 Å². The van der Waals surface area contributed by atoms with Crippen molar-refractivity contribution in [3.63, 3.8) is 0 Å². The highest BCUT2D eigenvalue weighted by Gasteiger charge is 2.17. The molecular weight excluding hydrogens is 274 g/mol. The number of rotatable bonds is 4. The van der Waals surface area contributed by atoms with Gasteiger partial charge in [0, 0.05) is 0 Å². The Morgan fingerprint density at radius 2 is 2.25 bits per heavy atom. The van der Waals surface area contributed by atoms with E-state index in [-0.39, 0.29) is 5.91 Å². The molecule has 1 atom stereocenters. The van der Waals surface area contributed by atoms with E-state index in [4.69, 9.17) is 4.74 Å². The summed E-state index contributed by atoms with van der Waals surface area (Å²) in [6, 6.07) is 6.06. The summed E-state index contributed by atoms with van der Waals surface area (Å²) in [5.74, 6) is 0.521. The second-order valence-electron chi connectivity index (χ2n) is 4.78. The van der Waals surface area contributed by atoms with E-state index in [1.807, 2.05) is 12.1 Å². The zero-order valence-electron chi connectivity index (χ0n) is 11.1. The predicted molar refractivity (Wildman–Crippen MR) is 77.1 cm³/mol. The van der Waals surface area contributed by atoms with Crippen LogP contribution in [0.15, 0.2) is 23.7 Å². The van der Waals surface area contributed by atoms with Crippen molar-refractivity contribution in [1.29, 1.82) is 0 Å². The number of anilines is 1. The van der Waals surface area contributed by atoms with Crippen molar-refractivity contribution < 1.29 is 9.53 Å². The molecule has 0 saturated heterocycles. The Hall–Kier alpha value is -1.95. The minimum absolute atomic E-state index is 0.220. The number of nitrogens with one attached hydrogen (secondary N) is 1. The number of amides is 1. The molecule has 2 aromatic rings. The molecule has 0 fully saturated rings. The largest absolute Gasteiger partial charge is 0.481 e. The van der Waals surface area contributed by atoms with Crippen LogP contribution in [0.25, 0.3) is 0 Å². The highest BCUT2D eigenvalue weighted by Crippen LogP contribution is 2.26. The van der Waals surface area contributed by atoms with E-state index in [0.717, 1.165) is 18.6 Å². The summed E-state index contributed by atoms with van der Waals surface area (Å²) < 4.78 is 5.69. The monoisotopic (exact) mass is 289 g/mol. The molecule has 0 spiro atoms. The summed E-state index contributed by atoms with van der Waals surface area (Å²) in [5.41, 5.74) is 4.30. The molecule has 1 amide bonds. The Morgan fingerprint density at radius 3 is 3.05 bits per heavy atom. The lowest BCUT2D eigenvalue weighted by molar-refractivity contribution is -0.122. The van der Waals surface area contributed by atoms with Gasteiger partial charge < -0.3 is 4.74 Å². The van der Waals surface area contributed by atoms with Gasteiger partial charge in [-0.05, 0) is 49.4 Å². The van der Waals surface area contributed by atoms with Crippen LogP contribution in [0.5, 0.6) is 5.75 Å². The minimum Gasteiger partial charge on any atom is -0.481 e. The van der Waals surface area contributed by atoms with Gasteiger partial charge in [0.2, 0.25) is 5.13 Å². The second-order valence-corrected chi connectivity index (χ2v) is 5.61. The number of ether oxygens (including phenoxy) is 1. The van der Waals surface area contributed by atoms with E-state index < -0.39 is 6.10 Å². The van der Waals surface area contributed by atoms with Crippen LogP contribution in [0.1, 0.15) is 24.5 Å². The zero-order chi connectivity index (χ0) is 13.9. The molecule has 1 aromatic heterocycles. The van der Waals surface area contributed by atoms with E-state index in [1.54, 1.807) is 12.4 Å². The Bertz CT molecular complexity index is 613. The number of hydrogen-bond donors (Lipinski definition) is 1. The highest BCUT2D eigenvalue weighted by atomic mass is 32.1. The van der Waals surface area contributed by atoms with Crippen molar-refractivity contribution in [3.8, 4) is 5.75 Å². The number of benzene rings is 1. The van der Waals surface area contributed by atoms with Gasteiger partial charge in [0.1, 0.15) is 11.3 Å². The van der Waals surface area contributed by atoms with E-state index in [1.165, 1.54) is 28.9 Å². The first-order chi connectivity index (χ1) is 9.72. The molecule has 104 valence electrons. The maximum atomic E-state index is 12.0. The molecule has 1 aliphatic carbocycles. The van der Waals surface area contributed by atoms with Crippen molar-refractivity contribution in [1.82, 2.24) is 10.2 Å². The number of aryl methyl sites for hydroxylation is 2. The molecule has 5 nitrogen and oxygen atoms in total. The molecule has 1 aliphatic rings. The van der Waals surface area contributed by atoms with Crippen molar-refractivity contribution in [2.75, 3.05) is 5.32 Å². The average molecular weight is 289 g/mol. The van der Waals surface area contributed by atoms with Gasteiger partial charge in [0.15, 0.2) is 6.10 Å². The summed E-state index contributed by atoms with van der Waals surface area (Å²) in [6.07, 6.45) is 2.87. The molecule has 6 heteroatoms. The summed E-state index contributed by atoms with van der Waals surface area (Å²) in [6.45, 7) is 1.73. The Balaban J connectivity index is 1.63. The fraction of sp³-hybridized carbons (Fsp3) is 0.357. The van der Waals surface area contributed by atoms with Crippen molar-refractivity contribution in [2.24, 2.45) is 0 Å². The first-order valence-corrected chi connectivity index (χ1v) is 7.46. The average Bonchev–Trinajstić information content (AvgIpc) is 3.08. The van der Waals surface area contributed by atoms with Gasteiger partial charge in [0.05, 0.1) is 0 Å². The van der Waals surface area contributed by atoms with Crippen LogP contribution in [-0.4, -0.2) is 22.2 Å². The number of hydrogen-bond acceptors (Lipinski definition) is 5. The normalized spacial score (nSPS) is 14.7. The molecule has 1 N–H and O–H groups in total. The van der Waals surface area contributed by atoms with E-state index in [0.29, 0.717) is 5.13 Å². The Morgan fingerprint density at radius 1 is 1.40 bits per heavy atom. The fourth-order valence-corrected chi connectivity index (χ4v) is 2.76. The van der Waals surface area contributed by atoms with Crippen LogP contribution in [0, 0.1) is 0 Å². The first kappa shape index (κ1) is 13.1. The van der Waals surface area contributed by atoms with Gasteiger partial charge in [-0.1, -0.05) is 17.4 Å². The lowest BCUT2D eigenvalue weighted by atomic mass is 10.1. The van der Waals surface area contributed by atoms with Gasteiger partial charge in [-0.3, -0.25) is 10.1 Å². The minimum atomic E-state index is -0.571. The highest BCUT2D eigenvalue weighted by molar-refractivity contribution is 7.13. The molecule has 0 unspecified atom stereocenters. The van der Waals surface area contributed by atoms with Crippen molar-refractivity contribution in [3.05, 3.63) is 34.8 Å². The van der Waals surface area contributed by atoms with Gasteiger partial charge in [-0.15, -0.1) is 10.2 Å². The van der Waals surface area contributed by atoms with Crippen LogP contribution in [-0.2, 0) is 17.6 Å². The lowest BCUT2D eigenvalue weighted by Gasteiger charge is -2.14. The third kappa shape index (κ3) is 2.80. The Kier molecular flexibility index (Phi) is 3.64. The molecule has 0 radical (unpaired) electrons. The second kappa shape index (κ2) is 5.58. The smallest absolute Gasteiger partial charge is 0.266 e. The van der Waals surface area contributed by atoms with Crippen LogP contribution >= 0.6 is 11.3 Å². The van der Waals surface area contributed by atoms with Crippen LogP contribution < -0.4 is 10.1 Å². The summed E-state index contributed by atoms with van der Waals surface area (Å²) in [7, 11) is 0. The zero-order valence-corrected chi connectivity index (χ0v) is 11.9. The summed E-state index contributed by atoms with van der Waals surface area (Å²) >= 11 is 1.28. The SMILES string of the molecule is C[C@H](Oc1ccc2c(c1)CCC2)C(=O)Nc1nncs1. The van der Waals surface area contributed by atoms with Crippen molar-refractivity contribution >= 4 is 22.4 Å². The lowest BCUT2D eigenvalue weighted by Crippen LogP contribution is -2.30. The standard InChI is InChI=1S/C14H15N3O2S/c1-9(13(18)16-14-17-15-8-20-14)19-12-6-5-10-3-2-4-11(10)7-12/h5-9H,2-4H2,1H3,(H,16,17,18)/t9-/m0/s1. The van der Waals surface area contributed by atoms with Crippen LogP contribution in [0.2, 0.25) is 0 Å².